The van der Waals surface area contributed by atoms with Crippen LogP contribution in [0.15, 0.2) is 30.3 Å². The Hall–Kier alpha value is -2.60. The van der Waals surface area contributed by atoms with Crippen LogP contribution < -0.4 is 5.73 Å². The largest absolute Gasteiger partial charge is 0.464 e. The lowest BCUT2D eigenvalue weighted by Gasteiger charge is -2.12. The van der Waals surface area contributed by atoms with Crippen molar-refractivity contribution in [3.8, 4) is 0 Å². The average Bonchev–Trinajstić information content (AvgIpc) is 2.58. The number of nitrogen functional groups attached to an aromatic ring is 1. The van der Waals surface area contributed by atoms with Crippen molar-refractivity contribution in [2.75, 3.05) is 12.8 Å². The van der Waals surface area contributed by atoms with E-state index in [-0.39, 0.29) is 28.7 Å². The van der Waals surface area contributed by atoms with Gasteiger partial charge in [0.05, 0.1) is 17.8 Å². The Morgan fingerprint density at radius 3 is 2.43 bits per heavy atom. The molecule has 0 saturated carbocycles. The van der Waals surface area contributed by atoms with Gasteiger partial charge < -0.3 is 15.2 Å². The third kappa shape index (κ3) is 3.60. The first-order valence-corrected chi connectivity index (χ1v) is 7.08. The smallest absolute Gasteiger partial charge is 0.358 e. The number of hydrogen-bond donors (Lipinski definition) is 1. The number of halogens is 1. The zero-order chi connectivity index (χ0) is 17.0. The summed E-state index contributed by atoms with van der Waals surface area (Å²) in [6.07, 6.45) is 0. The molecule has 0 spiro atoms. The number of nitrogens with zero attached hydrogens (tertiary/aromatic N) is 1. The van der Waals surface area contributed by atoms with Gasteiger partial charge in [-0.15, -0.1) is 0 Å². The highest BCUT2D eigenvalue weighted by molar-refractivity contribution is 6.36. The third-order valence-corrected chi connectivity index (χ3v) is 3.59. The van der Waals surface area contributed by atoms with Crippen molar-refractivity contribution in [3.63, 3.8) is 0 Å². The van der Waals surface area contributed by atoms with E-state index in [1.807, 2.05) is 30.3 Å². The zero-order valence-corrected chi connectivity index (χ0v) is 13.4. The maximum absolute atomic E-state index is 12.2. The number of nitrogens with two attached hydrogens (primary N) is 1. The number of rotatable bonds is 4. The molecule has 1 heterocycles. The second-order valence-corrected chi connectivity index (χ2v) is 5.09. The van der Waals surface area contributed by atoms with E-state index in [9.17, 15) is 9.59 Å². The van der Waals surface area contributed by atoms with Crippen LogP contribution in [-0.2, 0) is 16.1 Å². The maximum atomic E-state index is 12.2. The van der Waals surface area contributed by atoms with Gasteiger partial charge in [-0.25, -0.2) is 14.6 Å². The second kappa shape index (κ2) is 7.11. The Morgan fingerprint density at radius 1 is 1.17 bits per heavy atom. The molecule has 0 aliphatic carbocycles. The average molecular weight is 335 g/mol. The van der Waals surface area contributed by atoms with Gasteiger partial charge >= 0.3 is 11.9 Å². The van der Waals surface area contributed by atoms with Crippen LogP contribution in [0.1, 0.15) is 32.1 Å². The van der Waals surface area contributed by atoms with Gasteiger partial charge in [-0.05, 0) is 12.5 Å². The number of carbonyl (C=O) groups is 2. The first kappa shape index (κ1) is 16.8. The van der Waals surface area contributed by atoms with Crippen LogP contribution in [0.2, 0.25) is 5.02 Å². The minimum atomic E-state index is -0.779. The summed E-state index contributed by atoms with van der Waals surface area (Å²) in [7, 11) is 1.18. The molecule has 2 aromatic rings. The van der Waals surface area contributed by atoms with Gasteiger partial charge in [0.15, 0.2) is 11.4 Å². The van der Waals surface area contributed by atoms with Crippen LogP contribution in [0, 0.1) is 6.92 Å². The zero-order valence-electron chi connectivity index (χ0n) is 12.6. The molecule has 0 radical (unpaired) electrons. The Labute approximate surface area is 138 Å². The molecule has 120 valence electrons. The number of anilines is 1. The van der Waals surface area contributed by atoms with E-state index in [1.54, 1.807) is 6.92 Å². The molecule has 1 aromatic carbocycles. The molecule has 0 unspecified atom stereocenters. The predicted octanol–water partition coefficient (Wildman–Crippen LogP) is 2.77. The topological polar surface area (TPSA) is 91.5 Å². The standard InChI is InChI=1S/C16H15ClN2O4/c1-9-12(18)11(17)14(15(20)22-2)19-13(9)16(21)23-8-10-6-4-3-5-7-10/h3-7H,8H2,1-2H3,(H2,18,19). The minimum absolute atomic E-state index is 0.0473. The fraction of sp³-hybridized carbons (Fsp3) is 0.188. The lowest BCUT2D eigenvalue weighted by molar-refractivity contribution is 0.0464. The molecule has 2 N–H and O–H groups in total. The summed E-state index contributed by atoms with van der Waals surface area (Å²) in [5.41, 5.74) is 6.82. The summed E-state index contributed by atoms with van der Waals surface area (Å²) >= 11 is 5.98. The third-order valence-electron chi connectivity index (χ3n) is 3.21. The van der Waals surface area contributed by atoms with Crippen LogP contribution in [0.25, 0.3) is 0 Å². The molecular formula is C16H15ClN2O4. The summed E-state index contributed by atoms with van der Waals surface area (Å²) < 4.78 is 9.79. The Balaban J connectivity index is 2.29. The van der Waals surface area contributed by atoms with Crippen LogP contribution >= 0.6 is 11.6 Å². The fourth-order valence-corrected chi connectivity index (χ4v) is 2.15. The Kier molecular flexibility index (Phi) is 5.18. The van der Waals surface area contributed by atoms with E-state index in [1.165, 1.54) is 7.11 Å². The first-order chi connectivity index (χ1) is 11.0. The fourth-order valence-electron chi connectivity index (χ4n) is 1.89. The number of hydrogen-bond acceptors (Lipinski definition) is 6. The molecule has 6 nitrogen and oxygen atoms in total. The number of benzene rings is 1. The lowest BCUT2D eigenvalue weighted by Crippen LogP contribution is -2.16. The number of methoxy groups -OCH3 is 1. The van der Waals surface area contributed by atoms with Crippen molar-refractivity contribution in [3.05, 3.63) is 57.9 Å². The van der Waals surface area contributed by atoms with E-state index in [0.29, 0.717) is 5.56 Å². The summed E-state index contributed by atoms with van der Waals surface area (Å²) in [4.78, 5) is 27.9. The van der Waals surface area contributed by atoms with Crippen molar-refractivity contribution in [2.24, 2.45) is 0 Å². The van der Waals surface area contributed by atoms with Gasteiger partial charge in [-0.3, -0.25) is 0 Å². The van der Waals surface area contributed by atoms with Crippen LogP contribution in [0.4, 0.5) is 5.69 Å². The van der Waals surface area contributed by atoms with E-state index < -0.39 is 11.9 Å². The molecule has 7 heteroatoms. The molecule has 1 aromatic heterocycles. The van der Waals surface area contributed by atoms with Crippen LogP contribution in [0.3, 0.4) is 0 Å². The van der Waals surface area contributed by atoms with Crippen molar-refractivity contribution >= 4 is 29.2 Å². The summed E-state index contributed by atoms with van der Waals surface area (Å²) in [5.74, 6) is -1.47. The van der Waals surface area contributed by atoms with Gasteiger partial charge in [0.2, 0.25) is 0 Å². The van der Waals surface area contributed by atoms with Gasteiger partial charge in [0.25, 0.3) is 0 Å². The molecule has 0 fully saturated rings. The molecule has 0 aliphatic heterocycles. The Bertz CT molecular complexity index is 747. The number of aromatic nitrogens is 1. The molecule has 0 saturated heterocycles. The molecule has 0 amide bonds. The normalized spacial score (nSPS) is 10.2. The Morgan fingerprint density at radius 2 is 1.83 bits per heavy atom. The van der Waals surface area contributed by atoms with E-state index >= 15 is 0 Å². The molecule has 2 rings (SSSR count). The molecule has 0 bridgehead atoms. The van der Waals surface area contributed by atoms with Crippen molar-refractivity contribution in [1.29, 1.82) is 0 Å². The van der Waals surface area contributed by atoms with Gasteiger partial charge in [0, 0.05) is 5.56 Å². The van der Waals surface area contributed by atoms with Crippen molar-refractivity contribution in [2.45, 2.75) is 13.5 Å². The number of carbonyl (C=O) groups excluding carboxylic acids is 2. The highest BCUT2D eigenvalue weighted by atomic mass is 35.5. The molecule has 0 atom stereocenters. The number of ether oxygens (including phenoxy) is 2. The second-order valence-electron chi connectivity index (χ2n) is 4.71. The summed E-state index contributed by atoms with van der Waals surface area (Å²) in [6, 6.07) is 9.18. The van der Waals surface area contributed by atoms with E-state index in [2.05, 4.69) is 9.72 Å². The predicted molar refractivity (Wildman–Crippen MR) is 85.3 cm³/mol. The molecule has 0 aliphatic rings. The highest BCUT2D eigenvalue weighted by Gasteiger charge is 2.24. The van der Waals surface area contributed by atoms with Gasteiger partial charge in [-0.1, -0.05) is 41.9 Å². The SMILES string of the molecule is COC(=O)c1nc(C(=O)OCc2ccccc2)c(C)c(N)c1Cl. The van der Waals surface area contributed by atoms with Gasteiger partial charge in [0.1, 0.15) is 6.61 Å². The van der Waals surface area contributed by atoms with Gasteiger partial charge in [-0.2, -0.15) is 0 Å². The van der Waals surface area contributed by atoms with Crippen LogP contribution in [-0.4, -0.2) is 24.0 Å². The summed E-state index contributed by atoms with van der Waals surface area (Å²) in [6.45, 7) is 1.66. The summed E-state index contributed by atoms with van der Waals surface area (Å²) in [5, 5.41) is -0.0473. The molecule has 23 heavy (non-hydrogen) atoms. The molecular weight excluding hydrogens is 320 g/mol. The maximum Gasteiger partial charge on any atom is 0.358 e. The quantitative estimate of drug-likeness (QED) is 0.864. The van der Waals surface area contributed by atoms with E-state index in [0.717, 1.165) is 5.56 Å². The van der Waals surface area contributed by atoms with Crippen molar-refractivity contribution in [1.82, 2.24) is 4.98 Å². The highest BCUT2D eigenvalue weighted by Crippen LogP contribution is 2.28. The number of esters is 2. The number of pyridine rings is 1. The first-order valence-electron chi connectivity index (χ1n) is 6.70. The monoisotopic (exact) mass is 334 g/mol. The minimum Gasteiger partial charge on any atom is -0.464 e. The van der Waals surface area contributed by atoms with E-state index in [4.69, 9.17) is 22.1 Å². The van der Waals surface area contributed by atoms with Crippen molar-refractivity contribution < 1.29 is 19.1 Å². The lowest BCUT2D eigenvalue weighted by atomic mass is 10.1. The van der Waals surface area contributed by atoms with Crippen LogP contribution in [0.5, 0.6) is 0 Å².